The van der Waals surface area contributed by atoms with Crippen LogP contribution in [0.1, 0.15) is 10.5 Å². The van der Waals surface area contributed by atoms with Crippen LogP contribution in [0.5, 0.6) is 11.5 Å². The van der Waals surface area contributed by atoms with Crippen LogP contribution in [0.25, 0.3) is 22.0 Å². The molecule has 3 aromatic heterocycles. The predicted molar refractivity (Wildman–Crippen MR) is 112 cm³/mol. The van der Waals surface area contributed by atoms with E-state index >= 15 is 0 Å². The predicted octanol–water partition coefficient (Wildman–Crippen LogP) is 4.71. The zero-order valence-corrected chi connectivity index (χ0v) is 17.8. The van der Waals surface area contributed by atoms with Gasteiger partial charge in [0, 0.05) is 23.2 Å². The van der Waals surface area contributed by atoms with Gasteiger partial charge in [-0.1, -0.05) is 5.16 Å². The molecule has 29 heavy (non-hydrogen) atoms. The number of nitrogens with zero attached hydrogens (tertiary/aromatic N) is 3. The Morgan fingerprint density at radius 2 is 1.97 bits per heavy atom. The lowest BCUT2D eigenvalue weighted by molar-refractivity contribution is 0.101. The molecule has 8 nitrogen and oxygen atoms in total. The second-order valence-electron chi connectivity index (χ2n) is 5.92. The van der Waals surface area contributed by atoms with E-state index in [4.69, 9.17) is 14.0 Å². The van der Waals surface area contributed by atoms with Crippen LogP contribution in [0.4, 0.5) is 5.13 Å². The Labute approximate surface area is 180 Å². The molecule has 0 unspecified atom stereocenters. The fourth-order valence-corrected chi connectivity index (χ4v) is 4.64. The molecule has 1 aliphatic rings. The summed E-state index contributed by atoms with van der Waals surface area (Å²) in [5, 5.41) is 6.95. The third-order valence-corrected chi connectivity index (χ3v) is 6.26. The van der Waals surface area contributed by atoms with Gasteiger partial charge in [-0.15, -0.1) is 11.3 Å². The first kappa shape index (κ1) is 18.3. The topological polar surface area (TPSA) is 99.4 Å². The average Bonchev–Trinajstić information content (AvgIpc) is 3.48. The van der Waals surface area contributed by atoms with Gasteiger partial charge in [0.25, 0.3) is 5.91 Å². The highest BCUT2D eigenvalue weighted by molar-refractivity contribution is 9.11. The molecule has 0 fully saturated rings. The van der Waals surface area contributed by atoms with Gasteiger partial charge in [0.15, 0.2) is 28.8 Å². The van der Waals surface area contributed by atoms with E-state index in [9.17, 15) is 4.79 Å². The highest BCUT2D eigenvalue weighted by Crippen LogP contribution is 2.35. The first-order valence-electron chi connectivity index (χ1n) is 8.43. The Balaban J connectivity index is 1.32. The van der Waals surface area contributed by atoms with Crippen LogP contribution in [0.2, 0.25) is 0 Å². The van der Waals surface area contributed by atoms with Crippen molar-refractivity contribution in [1.29, 1.82) is 0 Å². The second-order valence-corrected chi connectivity index (χ2v) is 9.13. The maximum atomic E-state index is 12.5. The Hall–Kier alpha value is -2.76. The Morgan fingerprint density at radius 3 is 2.79 bits per heavy atom. The van der Waals surface area contributed by atoms with Gasteiger partial charge in [0.2, 0.25) is 5.13 Å². The molecule has 5 rings (SSSR count). The summed E-state index contributed by atoms with van der Waals surface area (Å²) in [6, 6.07) is 10.8. The van der Waals surface area contributed by atoms with Gasteiger partial charge in [-0.05, 0) is 46.3 Å². The van der Waals surface area contributed by atoms with Crippen LogP contribution in [0.15, 0.2) is 44.7 Å². The fourth-order valence-electron chi connectivity index (χ4n) is 2.68. The summed E-state index contributed by atoms with van der Waals surface area (Å²) in [5.74, 6) is 1.92. The monoisotopic (exact) mass is 490 g/mol. The number of thiophene rings is 1. The zero-order valence-electron chi connectivity index (χ0n) is 14.5. The van der Waals surface area contributed by atoms with E-state index in [0.29, 0.717) is 41.4 Å². The van der Waals surface area contributed by atoms with E-state index in [2.05, 4.69) is 35.8 Å². The van der Waals surface area contributed by atoms with Gasteiger partial charge < -0.3 is 14.0 Å². The maximum Gasteiger partial charge on any atom is 0.279 e. The van der Waals surface area contributed by atoms with Gasteiger partial charge in [-0.25, -0.2) is 0 Å². The van der Waals surface area contributed by atoms with Gasteiger partial charge in [-0.2, -0.15) is 9.36 Å². The van der Waals surface area contributed by atoms with Crippen LogP contribution in [0.3, 0.4) is 0 Å². The van der Waals surface area contributed by atoms with Gasteiger partial charge in [0.1, 0.15) is 13.2 Å². The molecule has 0 atom stereocenters. The number of benzene rings is 1. The Morgan fingerprint density at radius 1 is 1.10 bits per heavy atom. The molecular formula is C18H11BrN4O4S2. The summed E-state index contributed by atoms with van der Waals surface area (Å²) >= 11 is 6.04. The molecule has 1 N–H and O–H groups in total. The number of carbonyl (C=O) groups excluding carboxylic acids is 1. The quantitative estimate of drug-likeness (QED) is 0.442. The van der Waals surface area contributed by atoms with Crippen LogP contribution in [0, 0.1) is 0 Å². The highest BCUT2D eigenvalue weighted by atomic mass is 79.9. The zero-order chi connectivity index (χ0) is 19.8. The number of carbonyl (C=O) groups is 1. The molecule has 1 aliphatic heterocycles. The molecule has 1 amide bonds. The number of nitrogens with one attached hydrogen (secondary N) is 1. The van der Waals surface area contributed by atoms with Crippen molar-refractivity contribution >= 4 is 49.8 Å². The van der Waals surface area contributed by atoms with Crippen LogP contribution in [-0.4, -0.2) is 33.6 Å². The van der Waals surface area contributed by atoms with Crippen molar-refractivity contribution in [3.05, 3.63) is 45.9 Å². The number of rotatable bonds is 4. The Bertz CT molecular complexity index is 1200. The van der Waals surface area contributed by atoms with Crippen molar-refractivity contribution in [2.75, 3.05) is 18.5 Å². The van der Waals surface area contributed by atoms with Crippen molar-refractivity contribution in [3.8, 4) is 33.5 Å². The molecular weight excluding hydrogens is 480 g/mol. The number of anilines is 1. The number of aromatic nitrogens is 3. The fraction of sp³-hybridized carbons (Fsp3) is 0.111. The van der Waals surface area contributed by atoms with Crippen LogP contribution >= 0.6 is 38.8 Å². The lowest BCUT2D eigenvalue weighted by Gasteiger charge is -2.18. The number of fused-ring (bicyclic) bond motifs is 1. The van der Waals surface area contributed by atoms with E-state index < -0.39 is 5.91 Å². The van der Waals surface area contributed by atoms with Crippen LogP contribution in [-0.2, 0) is 0 Å². The number of hydrogen-bond acceptors (Lipinski definition) is 9. The normalized spacial score (nSPS) is 12.7. The van der Waals surface area contributed by atoms with E-state index in [1.165, 1.54) is 11.3 Å². The molecule has 4 heterocycles. The van der Waals surface area contributed by atoms with E-state index in [-0.39, 0.29) is 5.69 Å². The minimum absolute atomic E-state index is 0.144. The standard InChI is InChI=1S/C18H11BrN4O4S2/c19-15-4-3-14(28-15)16-20-18(29-23-16)21-17(24)10-8-12(27-22-10)9-1-2-11-13(7-9)26-6-5-25-11/h1-4,7-8H,5-6H2,(H,20,21,23,24). The number of amides is 1. The molecule has 146 valence electrons. The molecule has 0 radical (unpaired) electrons. The van der Waals surface area contributed by atoms with Gasteiger partial charge in [0.05, 0.1) is 8.66 Å². The van der Waals surface area contributed by atoms with Crippen molar-refractivity contribution in [2.24, 2.45) is 0 Å². The number of ether oxygens (including phenoxy) is 2. The lowest BCUT2D eigenvalue weighted by Crippen LogP contribution is -2.15. The third-order valence-electron chi connectivity index (χ3n) is 4.01. The minimum atomic E-state index is -0.424. The van der Waals surface area contributed by atoms with Crippen LogP contribution < -0.4 is 14.8 Å². The molecule has 0 aliphatic carbocycles. The summed E-state index contributed by atoms with van der Waals surface area (Å²) in [5.41, 5.74) is 0.882. The van der Waals surface area contributed by atoms with Gasteiger partial charge in [-0.3, -0.25) is 10.1 Å². The SMILES string of the molecule is O=C(Nc1nc(-c2ccc(Br)s2)ns1)c1cc(-c2ccc3c(c2)OCCO3)on1. The first-order chi connectivity index (χ1) is 14.2. The summed E-state index contributed by atoms with van der Waals surface area (Å²) in [4.78, 5) is 17.8. The molecule has 11 heteroatoms. The summed E-state index contributed by atoms with van der Waals surface area (Å²) < 4.78 is 21.7. The van der Waals surface area contributed by atoms with Crippen molar-refractivity contribution in [2.45, 2.75) is 0 Å². The lowest BCUT2D eigenvalue weighted by atomic mass is 10.1. The minimum Gasteiger partial charge on any atom is -0.486 e. The number of hydrogen-bond donors (Lipinski definition) is 1. The van der Waals surface area contributed by atoms with Crippen molar-refractivity contribution < 1.29 is 18.8 Å². The molecule has 4 aromatic rings. The van der Waals surface area contributed by atoms with E-state index in [0.717, 1.165) is 25.8 Å². The third kappa shape index (κ3) is 3.76. The molecule has 1 aromatic carbocycles. The van der Waals surface area contributed by atoms with Gasteiger partial charge >= 0.3 is 0 Å². The largest absolute Gasteiger partial charge is 0.486 e. The highest BCUT2D eigenvalue weighted by Gasteiger charge is 2.19. The van der Waals surface area contributed by atoms with E-state index in [1.54, 1.807) is 18.2 Å². The smallest absolute Gasteiger partial charge is 0.279 e. The van der Waals surface area contributed by atoms with Crippen molar-refractivity contribution in [1.82, 2.24) is 14.5 Å². The summed E-state index contributed by atoms with van der Waals surface area (Å²) in [7, 11) is 0. The molecule has 0 bridgehead atoms. The number of halogens is 1. The summed E-state index contributed by atoms with van der Waals surface area (Å²) in [6.45, 7) is 1.02. The molecule has 0 saturated carbocycles. The Kier molecular flexibility index (Phi) is 4.78. The second kappa shape index (κ2) is 7.58. The first-order valence-corrected chi connectivity index (χ1v) is 10.8. The molecule has 0 saturated heterocycles. The van der Waals surface area contributed by atoms with E-state index in [1.807, 2.05) is 18.2 Å². The molecule has 0 spiro atoms. The average molecular weight is 491 g/mol. The summed E-state index contributed by atoms with van der Waals surface area (Å²) in [6.07, 6.45) is 0. The maximum absolute atomic E-state index is 12.5. The van der Waals surface area contributed by atoms with Crippen molar-refractivity contribution in [3.63, 3.8) is 0 Å².